The first-order valence-corrected chi connectivity index (χ1v) is 10.3. The van der Waals surface area contributed by atoms with E-state index in [-0.39, 0.29) is 71.1 Å². The van der Waals surface area contributed by atoms with Gasteiger partial charge in [0.2, 0.25) is 0 Å². The van der Waals surface area contributed by atoms with Gasteiger partial charge in [0, 0.05) is 26.2 Å². The number of hydrogen-bond acceptors (Lipinski definition) is 6. The van der Waals surface area contributed by atoms with Crippen LogP contribution < -0.4 is 0 Å². The van der Waals surface area contributed by atoms with E-state index in [1.165, 1.54) is 24.3 Å². The summed E-state index contributed by atoms with van der Waals surface area (Å²) in [6.07, 6.45) is 0. The molecule has 0 unspecified atom stereocenters. The number of aromatic carboxylic acids is 3. The number of carbonyl (C=O) groups is 3. The maximum Gasteiger partial charge on any atom is 0.339 e. The first-order valence-electron chi connectivity index (χ1n) is 10.3. The molecule has 0 aromatic heterocycles. The monoisotopic (exact) mass is 610 g/mol. The van der Waals surface area contributed by atoms with Crippen molar-refractivity contribution in [1.82, 2.24) is 0 Å². The van der Waals surface area contributed by atoms with Crippen LogP contribution in [0, 0.1) is 34.6 Å². The third-order valence-electron chi connectivity index (χ3n) is 4.73. The smallest absolute Gasteiger partial charge is 0.339 e. The normalized spacial score (nSPS) is 8.97. The van der Waals surface area contributed by atoms with Crippen LogP contribution in [0.4, 0.5) is 0 Å². The number of phenols is 3. The van der Waals surface area contributed by atoms with Crippen LogP contribution in [0.3, 0.4) is 0 Å². The first-order chi connectivity index (χ1) is 16.1. The molecule has 0 aliphatic rings. The fourth-order valence-corrected chi connectivity index (χ4v) is 3.07. The summed E-state index contributed by atoms with van der Waals surface area (Å²) in [5.74, 6) is -3.78. The van der Waals surface area contributed by atoms with Gasteiger partial charge in [-0.05, 0) is 81.1 Å². The summed E-state index contributed by atoms with van der Waals surface area (Å²) < 4.78 is 0. The molecule has 0 aliphatic heterocycles. The fourth-order valence-electron chi connectivity index (χ4n) is 3.07. The molecule has 0 saturated carbocycles. The van der Waals surface area contributed by atoms with Crippen molar-refractivity contribution in [2.75, 3.05) is 0 Å². The van der Waals surface area contributed by atoms with Crippen LogP contribution in [0.2, 0.25) is 0 Å². The number of benzene rings is 3. The molecular weight excluding hydrogens is 579 g/mol. The molecular formula is C26H32O11Zr. The fraction of sp³-hybridized carbons (Fsp3) is 0.192. The summed E-state index contributed by atoms with van der Waals surface area (Å²) in [5, 5.41) is 53.5. The van der Waals surface area contributed by atoms with Crippen LogP contribution in [-0.2, 0) is 26.2 Å². The van der Waals surface area contributed by atoms with Gasteiger partial charge in [-0.25, -0.2) is 14.4 Å². The zero-order valence-electron chi connectivity index (χ0n) is 21.4. The minimum atomic E-state index is -1.11. The third kappa shape index (κ3) is 11.1. The van der Waals surface area contributed by atoms with Crippen molar-refractivity contribution < 1.29 is 82.2 Å². The third-order valence-corrected chi connectivity index (χ3v) is 4.73. The van der Waals surface area contributed by atoms with Crippen LogP contribution in [0.15, 0.2) is 42.5 Å². The number of aromatic hydroxyl groups is 3. The molecule has 0 aliphatic carbocycles. The summed E-state index contributed by atoms with van der Waals surface area (Å²) in [5.41, 5.74) is 3.55. The van der Waals surface area contributed by atoms with Crippen molar-refractivity contribution >= 4 is 17.9 Å². The summed E-state index contributed by atoms with van der Waals surface area (Å²) in [7, 11) is 0. The Kier molecular flexibility index (Phi) is 17.3. The van der Waals surface area contributed by atoms with Crippen molar-refractivity contribution in [2.24, 2.45) is 0 Å². The van der Waals surface area contributed by atoms with Gasteiger partial charge in [-0.3, -0.25) is 0 Å². The number of rotatable bonds is 3. The largest absolute Gasteiger partial charge is 0.507 e. The van der Waals surface area contributed by atoms with Gasteiger partial charge in [0.1, 0.15) is 33.9 Å². The van der Waals surface area contributed by atoms with E-state index in [0.29, 0.717) is 11.1 Å². The molecule has 10 N–H and O–H groups in total. The molecule has 0 saturated heterocycles. The second-order valence-corrected chi connectivity index (χ2v) is 7.89. The van der Waals surface area contributed by atoms with Crippen LogP contribution >= 0.6 is 0 Å². The van der Waals surface area contributed by atoms with E-state index in [9.17, 15) is 24.6 Å². The minimum absolute atomic E-state index is 0. The molecule has 0 amide bonds. The van der Waals surface area contributed by atoms with E-state index in [1.807, 2.05) is 0 Å². The second-order valence-electron chi connectivity index (χ2n) is 7.89. The molecule has 3 aromatic rings. The summed E-state index contributed by atoms with van der Waals surface area (Å²) >= 11 is 0. The molecule has 11 nitrogen and oxygen atoms in total. The van der Waals surface area contributed by atoms with Gasteiger partial charge in [-0.1, -0.05) is 23.8 Å². The second kappa shape index (κ2) is 16.9. The summed E-state index contributed by atoms with van der Waals surface area (Å²) in [4.78, 5) is 31.5. The Labute approximate surface area is 238 Å². The number of aryl methyl sites for hydroxylation is 5. The molecule has 206 valence electrons. The van der Waals surface area contributed by atoms with E-state index >= 15 is 0 Å². The zero-order chi connectivity index (χ0) is 27.0. The van der Waals surface area contributed by atoms with Crippen LogP contribution in [0.25, 0.3) is 0 Å². The Morgan fingerprint density at radius 2 is 0.842 bits per heavy atom. The van der Waals surface area contributed by atoms with E-state index in [0.717, 1.165) is 16.7 Å². The van der Waals surface area contributed by atoms with E-state index in [4.69, 9.17) is 20.4 Å². The quantitative estimate of drug-likeness (QED) is 0.255. The number of hydrogen-bond donors (Lipinski definition) is 6. The molecule has 0 bridgehead atoms. The molecule has 0 fully saturated rings. The Hall–Kier alpha value is -3.73. The van der Waals surface area contributed by atoms with E-state index in [1.54, 1.807) is 52.8 Å². The van der Waals surface area contributed by atoms with Gasteiger partial charge in [-0.2, -0.15) is 0 Å². The molecule has 12 heteroatoms. The van der Waals surface area contributed by atoms with Crippen molar-refractivity contribution in [3.63, 3.8) is 0 Å². The number of carboxylic acid groups (broad SMARTS) is 3. The molecule has 3 rings (SSSR count). The maximum absolute atomic E-state index is 10.6. The summed E-state index contributed by atoms with van der Waals surface area (Å²) in [6, 6.07) is 10.8. The van der Waals surface area contributed by atoms with Gasteiger partial charge < -0.3 is 41.6 Å². The Balaban J connectivity index is -0.000000466. The first kappa shape index (κ1) is 38.8. The van der Waals surface area contributed by atoms with Crippen molar-refractivity contribution in [3.05, 3.63) is 87.0 Å². The number of carboxylic acids is 3. The Morgan fingerprint density at radius 1 is 0.526 bits per heavy atom. The average molecular weight is 612 g/mol. The Bertz CT molecular complexity index is 1200. The molecule has 3 aromatic carbocycles. The molecule has 0 atom stereocenters. The van der Waals surface area contributed by atoms with Crippen molar-refractivity contribution in [1.29, 1.82) is 0 Å². The zero-order valence-corrected chi connectivity index (χ0v) is 23.9. The van der Waals surface area contributed by atoms with Gasteiger partial charge in [0.25, 0.3) is 0 Å². The van der Waals surface area contributed by atoms with Gasteiger partial charge in [-0.15, -0.1) is 0 Å². The Morgan fingerprint density at radius 3 is 1.13 bits per heavy atom. The predicted octanol–water partition coefficient (Wildman–Crippen LogP) is 3.16. The molecule has 0 spiro atoms. The van der Waals surface area contributed by atoms with Crippen LogP contribution in [0.1, 0.15) is 58.9 Å². The SMILES string of the molecule is Cc1cc(C)c(O)c(C(=O)O)c1.Cc1cc(C)c(O)c(C(=O)O)c1.Cc1ccc(O)c(C(=O)O)c1.O.O.[Zr]. The van der Waals surface area contributed by atoms with Gasteiger partial charge in [0.15, 0.2) is 0 Å². The summed E-state index contributed by atoms with van der Waals surface area (Å²) in [6.45, 7) is 8.70. The predicted molar refractivity (Wildman–Crippen MR) is 136 cm³/mol. The average Bonchev–Trinajstić information content (AvgIpc) is 2.75. The van der Waals surface area contributed by atoms with Gasteiger partial charge in [0.05, 0.1) is 0 Å². The standard InChI is InChI=1S/2C9H10O3.C8H8O3.2H2O.Zr/c2*1-5-3-6(2)8(10)7(4-5)9(11)12;1-5-2-3-7(9)6(4-5)8(10)11;;;/h2*3-4,10H,1-2H3,(H,11,12);2-4,9H,1H3,(H,10,11);2*1H2;. The van der Waals surface area contributed by atoms with Crippen LogP contribution in [0.5, 0.6) is 17.2 Å². The molecule has 0 radical (unpaired) electrons. The molecule has 0 heterocycles. The van der Waals surface area contributed by atoms with Crippen LogP contribution in [-0.4, -0.2) is 59.5 Å². The van der Waals surface area contributed by atoms with Gasteiger partial charge >= 0.3 is 17.9 Å². The van der Waals surface area contributed by atoms with E-state index < -0.39 is 17.9 Å². The van der Waals surface area contributed by atoms with E-state index in [2.05, 4.69) is 0 Å². The maximum atomic E-state index is 10.6. The minimum Gasteiger partial charge on any atom is -0.507 e. The molecule has 38 heavy (non-hydrogen) atoms. The van der Waals surface area contributed by atoms with Crippen molar-refractivity contribution in [3.8, 4) is 17.2 Å². The van der Waals surface area contributed by atoms with Crippen molar-refractivity contribution in [2.45, 2.75) is 34.6 Å². The topological polar surface area (TPSA) is 236 Å².